The van der Waals surface area contributed by atoms with Crippen molar-refractivity contribution in [2.24, 2.45) is 0 Å². The molecule has 1 aromatic rings. The maximum absolute atomic E-state index is 13.5. The van der Waals surface area contributed by atoms with E-state index in [-0.39, 0.29) is 36.4 Å². The molecule has 0 amide bonds. The standard InChI is InChI=1S/C14H19FO4/c1-9(2)18-7-11(17)8-19-12-4-5-13(10(3)16)14(15)6-12/h4-6,9,11,17H,7-8H2,1-3H3. The zero-order chi connectivity index (χ0) is 14.4. The second kappa shape index (κ2) is 7.21. The van der Waals surface area contributed by atoms with Crippen molar-refractivity contribution >= 4 is 5.78 Å². The topological polar surface area (TPSA) is 55.8 Å². The van der Waals surface area contributed by atoms with Gasteiger partial charge in [-0.15, -0.1) is 0 Å². The van der Waals surface area contributed by atoms with Gasteiger partial charge in [0.15, 0.2) is 5.78 Å². The normalized spacial score (nSPS) is 12.5. The highest BCUT2D eigenvalue weighted by Crippen LogP contribution is 2.17. The Kier molecular flexibility index (Phi) is 5.92. The number of Topliss-reactive ketones (excluding diaryl/α,β-unsaturated/α-hetero) is 1. The molecule has 0 heterocycles. The van der Waals surface area contributed by atoms with Gasteiger partial charge < -0.3 is 14.6 Å². The molecule has 0 saturated carbocycles. The van der Waals surface area contributed by atoms with E-state index >= 15 is 0 Å². The van der Waals surface area contributed by atoms with Crippen LogP contribution in [0, 0.1) is 5.82 Å². The molecule has 0 radical (unpaired) electrons. The monoisotopic (exact) mass is 270 g/mol. The van der Waals surface area contributed by atoms with Crippen LogP contribution in [0.4, 0.5) is 4.39 Å². The van der Waals surface area contributed by atoms with Crippen LogP contribution in [0.1, 0.15) is 31.1 Å². The van der Waals surface area contributed by atoms with Gasteiger partial charge in [-0.05, 0) is 32.9 Å². The fourth-order valence-corrected chi connectivity index (χ4v) is 1.42. The van der Waals surface area contributed by atoms with Crippen molar-refractivity contribution in [2.75, 3.05) is 13.2 Å². The van der Waals surface area contributed by atoms with E-state index in [2.05, 4.69) is 0 Å². The lowest BCUT2D eigenvalue weighted by atomic mass is 10.1. The number of rotatable bonds is 7. The average molecular weight is 270 g/mol. The van der Waals surface area contributed by atoms with E-state index < -0.39 is 11.9 Å². The molecule has 0 saturated heterocycles. The van der Waals surface area contributed by atoms with Crippen LogP contribution < -0.4 is 4.74 Å². The Balaban J connectivity index is 2.50. The van der Waals surface area contributed by atoms with E-state index in [1.807, 2.05) is 13.8 Å². The number of aliphatic hydroxyl groups excluding tert-OH is 1. The molecule has 5 heteroatoms. The zero-order valence-electron chi connectivity index (χ0n) is 11.4. The van der Waals surface area contributed by atoms with Gasteiger partial charge in [0.05, 0.1) is 18.3 Å². The van der Waals surface area contributed by atoms with Gasteiger partial charge in [0.2, 0.25) is 0 Å². The predicted octanol–water partition coefficient (Wildman–Crippen LogP) is 2.19. The minimum absolute atomic E-state index is 0.00553. The van der Waals surface area contributed by atoms with Crippen LogP contribution in [-0.2, 0) is 4.74 Å². The minimum Gasteiger partial charge on any atom is -0.491 e. The summed E-state index contributed by atoms with van der Waals surface area (Å²) in [5.74, 6) is -0.696. The van der Waals surface area contributed by atoms with E-state index in [0.717, 1.165) is 6.07 Å². The summed E-state index contributed by atoms with van der Waals surface area (Å²) in [6, 6.07) is 3.99. The number of hydrogen-bond acceptors (Lipinski definition) is 4. The second-order valence-electron chi connectivity index (χ2n) is 4.54. The molecule has 106 valence electrons. The largest absolute Gasteiger partial charge is 0.491 e. The number of hydrogen-bond donors (Lipinski definition) is 1. The third-order valence-electron chi connectivity index (χ3n) is 2.38. The second-order valence-corrected chi connectivity index (χ2v) is 4.54. The van der Waals surface area contributed by atoms with E-state index in [0.29, 0.717) is 0 Å². The van der Waals surface area contributed by atoms with Crippen LogP contribution in [-0.4, -0.2) is 36.3 Å². The first-order valence-corrected chi connectivity index (χ1v) is 6.13. The molecule has 0 aliphatic heterocycles. The first-order valence-electron chi connectivity index (χ1n) is 6.13. The summed E-state index contributed by atoms with van der Waals surface area (Å²) in [4.78, 5) is 11.1. The highest BCUT2D eigenvalue weighted by molar-refractivity contribution is 5.94. The van der Waals surface area contributed by atoms with Crippen LogP contribution >= 0.6 is 0 Å². The Bertz CT molecular complexity index is 431. The number of benzene rings is 1. The average Bonchev–Trinajstić information content (AvgIpc) is 2.33. The fourth-order valence-electron chi connectivity index (χ4n) is 1.42. The molecule has 0 bridgehead atoms. The molecule has 1 N–H and O–H groups in total. The first-order chi connectivity index (χ1) is 8.90. The molecule has 1 rings (SSSR count). The predicted molar refractivity (Wildman–Crippen MR) is 69.0 cm³/mol. The molecule has 1 aromatic carbocycles. The lowest BCUT2D eigenvalue weighted by Crippen LogP contribution is -2.25. The molecule has 0 aromatic heterocycles. The summed E-state index contributed by atoms with van der Waals surface area (Å²) in [6.45, 7) is 5.19. The molecule has 0 aliphatic carbocycles. The summed E-state index contributed by atoms with van der Waals surface area (Å²) >= 11 is 0. The van der Waals surface area contributed by atoms with Crippen LogP contribution in [0.3, 0.4) is 0 Å². The SMILES string of the molecule is CC(=O)c1ccc(OCC(O)COC(C)C)cc1F. The van der Waals surface area contributed by atoms with Gasteiger partial charge in [-0.3, -0.25) is 4.79 Å². The molecule has 19 heavy (non-hydrogen) atoms. The molecule has 1 unspecified atom stereocenters. The van der Waals surface area contributed by atoms with E-state index in [1.165, 1.54) is 19.1 Å². The van der Waals surface area contributed by atoms with Crippen molar-refractivity contribution in [1.29, 1.82) is 0 Å². The zero-order valence-corrected chi connectivity index (χ0v) is 11.4. The van der Waals surface area contributed by atoms with Gasteiger partial charge in [-0.1, -0.05) is 0 Å². The molecular formula is C14H19FO4. The summed E-state index contributed by atoms with van der Waals surface area (Å²) in [5, 5.41) is 9.57. The molecule has 0 fully saturated rings. The smallest absolute Gasteiger partial charge is 0.162 e. The number of halogens is 1. The van der Waals surface area contributed by atoms with Gasteiger partial charge in [-0.2, -0.15) is 0 Å². The Labute approximate surface area is 112 Å². The summed E-state index contributed by atoms with van der Waals surface area (Å²) in [5.41, 5.74) is 0.0241. The third-order valence-corrected chi connectivity index (χ3v) is 2.38. The van der Waals surface area contributed by atoms with Gasteiger partial charge in [0, 0.05) is 6.07 Å². The van der Waals surface area contributed by atoms with Crippen LogP contribution in [0.15, 0.2) is 18.2 Å². The van der Waals surface area contributed by atoms with Gasteiger partial charge >= 0.3 is 0 Å². The summed E-state index contributed by atoms with van der Waals surface area (Å²) in [7, 11) is 0. The summed E-state index contributed by atoms with van der Waals surface area (Å²) < 4.78 is 23.9. The Morgan fingerprint density at radius 1 is 1.37 bits per heavy atom. The highest BCUT2D eigenvalue weighted by Gasteiger charge is 2.10. The van der Waals surface area contributed by atoms with Crippen molar-refractivity contribution in [3.05, 3.63) is 29.6 Å². The van der Waals surface area contributed by atoms with Crippen molar-refractivity contribution in [1.82, 2.24) is 0 Å². The van der Waals surface area contributed by atoms with Gasteiger partial charge in [0.1, 0.15) is 24.3 Å². The maximum Gasteiger partial charge on any atom is 0.162 e. The molecule has 1 atom stereocenters. The number of ether oxygens (including phenoxy) is 2. The lowest BCUT2D eigenvalue weighted by molar-refractivity contribution is -0.0123. The fraction of sp³-hybridized carbons (Fsp3) is 0.500. The Morgan fingerprint density at radius 2 is 2.05 bits per heavy atom. The minimum atomic E-state index is -0.780. The molecule has 0 spiro atoms. The van der Waals surface area contributed by atoms with Gasteiger partial charge in [0.25, 0.3) is 0 Å². The van der Waals surface area contributed by atoms with Crippen LogP contribution in [0.2, 0.25) is 0 Å². The number of carbonyl (C=O) groups is 1. The molecule has 4 nitrogen and oxygen atoms in total. The van der Waals surface area contributed by atoms with E-state index in [4.69, 9.17) is 9.47 Å². The first kappa shape index (κ1) is 15.6. The van der Waals surface area contributed by atoms with Crippen molar-refractivity contribution in [3.8, 4) is 5.75 Å². The quantitative estimate of drug-likeness (QED) is 0.772. The Hall–Kier alpha value is -1.46. The van der Waals surface area contributed by atoms with Crippen LogP contribution in [0.25, 0.3) is 0 Å². The third kappa shape index (κ3) is 5.36. The number of aliphatic hydroxyl groups is 1. The van der Waals surface area contributed by atoms with Crippen LogP contribution in [0.5, 0.6) is 5.75 Å². The Morgan fingerprint density at radius 3 is 2.58 bits per heavy atom. The van der Waals surface area contributed by atoms with E-state index in [1.54, 1.807) is 0 Å². The summed E-state index contributed by atoms with van der Waals surface area (Å²) in [6.07, 6.45) is -0.750. The highest BCUT2D eigenvalue weighted by atomic mass is 19.1. The van der Waals surface area contributed by atoms with Crippen molar-refractivity contribution in [3.63, 3.8) is 0 Å². The lowest BCUT2D eigenvalue weighted by Gasteiger charge is -2.14. The van der Waals surface area contributed by atoms with Crippen molar-refractivity contribution < 1.29 is 23.8 Å². The van der Waals surface area contributed by atoms with Gasteiger partial charge in [-0.25, -0.2) is 4.39 Å². The van der Waals surface area contributed by atoms with E-state index in [9.17, 15) is 14.3 Å². The maximum atomic E-state index is 13.5. The number of carbonyl (C=O) groups excluding carboxylic acids is 1. The number of ketones is 1. The molecular weight excluding hydrogens is 251 g/mol. The van der Waals surface area contributed by atoms with Crippen molar-refractivity contribution in [2.45, 2.75) is 33.0 Å². The molecule has 0 aliphatic rings.